The maximum absolute atomic E-state index is 13.0. The minimum atomic E-state index is -0.252. The average molecular weight is 345 g/mol. The molecule has 1 fully saturated rings. The Morgan fingerprint density at radius 2 is 1.92 bits per heavy atom. The third-order valence-corrected chi connectivity index (χ3v) is 5.02. The van der Waals surface area contributed by atoms with Crippen LogP contribution in [0.1, 0.15) is 24.5 Å². The fourth-order valence-electron chi connectivity index (χ4n) is 2.77. The third kappa shape index (κ3) is 4.82. The first kappa shape index (κ1) is 17.0. The summed E-state index contributed by atoms with van der Waals surface area (Å²) in [5, 5.41) is 3.09. The summed E-state index contributed by atoms with van der Waals surface area (Å²) in [4.78, 5) is 13.2. The topological polar surface area (TPSA) is 38.3 Å². The van der Waals surface area contributed by atoms with Gasteiger partial charge in [0.15, 0.2) is 0 Å². The number of carbonyl (C=O) groups is 1. The second kappa shape index (κ2) is 8.31. The lowest BCUT2D eigenvalue weighted by Crippen LogP contribution is -2.40. The zero-order valence-corrected chi connectivity index (χ0v) is 14.1. The van der Waals surface area contributed by atoms with Crippen LogP contribution in [0.5, 0.6) is 0 Å². The highest BCUT2D eigenvalue weighted by Crippen LogP contribution is 2.28. The maximum Gasteiger partial charge on any atom is 0.230 e. The summed E-state index contributed by atoms with van der Waals surface area (Å²) in [5.41, 5.74) is 0.953. The van der Waals surface area contributed by atoms with E-state index in [1.54, 1.807) is 12.1 Å². The molecule has 2 atom stereocenters. The fraction of sp³-hybridized carbons (Fsp3) is 0.316. The second-order valence-corrected chi connectivity index (χ2v) is 6.85. The summed E-state index contributed by atoms with van der Waals surface area (Å²) in [5.74, 6) is 0.189. The van der Waals surface area contributed by atoms with Crippen LogP contribution in [0.15, 0.2) is 59.5 Å². The molecule has 1 aliphatic heterocycles. The molecule has 1 amide bonds. The van der Waals surface area contributed by atoms with Gasteiger partial charge in [0.2, 0.25) is 5.91 Å². The molecule has 0 aromatic heterocycles. The number of ether oxygens (including phenoxy) is 1. The summed E-state index contributed by atoms with van der Waals surface area (Å²) in [6, 6.07) is 16.4. The fourth-order valence-corrected chi connectivity index (χ4v) is 3.50. The average Bonchev–Trinajstić information content (AvgIpc) is 2.62. The molecule has 3 rings (SSSR count). The zero-order valence-electron chi connectivity index (χ0n) is 13.3. The molecule has 1 N–H and O–H groups in total. The SMILES string of the molecule is O=C(CSc1ccccc1)N[C@H]1CCO[C@H](c2ccc(F)cc2)C1. The lowest BCUT2D eigenvalue weighted by molar-refractivity contribution is -0.120. The highest BCUT2D eigenvalue weighted by Gasteiger charge is 2.25. The smallest absolute Gasteiger partial charge is 0.230 e. The predicted molar refractivity (Wildman–Crippen MR) is 93.4 cm³/mol. The zero-order chi connectivity index (χ0) is 16.8. The molecule has 1 aliphatic rings. The minimum Gasteiger partial charge on any atom is -0.373 e. The lowest BCUT2D eigenvalue weighted by Gasteiger charge is -2.30. The van der Waals surface area contributed by atoms with Crippen LogP contribution >= 0.6 is 11.8 Å². The number of thioether (sulfide) groups is 1. The van der Waals surface area contributed by atoms with Crippen LogP contribution < -0.4 is 5.32 Å². The first-order chi connectivity index (χ1) is 11.7. The van der Waals surface area contributed by atoms with Crippen molar-refractivity contribution in [1.82, 2.24) is 5.32 Å². The minimum absolute atomic E-state index is 0.0357. The van der Waals surface area contributed by atoms with Crippen LogP contribution in [0.25, 0.3) is 0 Å². The van der Waals surface area contributed by atoms with Gasteiger partial charge in [0.25, 0.3) is 0 Å². The van der Waals surface area contributed by atoms with E-state index in [0.717, 1.165) is 16.9 Å². The van der Waals surface area contributed by atoms with Gasteiger partial charge in [-0.2, -0.15) is 0 Å². The van der Waals surface area contributed by atoms with Gasteiger partial charge < -0.3 is 10.1 Å². The largest absolute Gasteiger partial charge is 0.373 e. The summed E-state index contributed by atoms with van der Waals surface area (Å²) >= 11 is 1.53. The first-order valence-corrected chi connectivity index (χ1v) is 9.03. The molecule has 2 aromatic carbocycles. The van der Waals surface area contributed by atoms with Gasteiger partial charge in [-0.25, -0.2) is 4.39 Å². The van der Waals surface area contributed by atoms with Crippen LogP contribution in [-0.4, -0.2) is 24.3 Å². The quantitative estimate of drug-likeness (QED) is 0.834. The van der Waals surface area contributed by atoms with Crippen molar-refractivity contribution in [3.8, 4) is 0 Å². The molecule has 0 radical (unpaired) electrons. The molecule has 5 heteroatoms. The van der Waals surface area contributed by atoms with E-state index in [0.29, 0.717) is 18.8 Å². The predicted octanol–water partition coefficient (Wildman–Crippen LogP) is 3.95. The van der Waals surface area contributed by atoms with Gasteiger partial charge in [-0.1, -0.05) is 30.3 Å². The van der Waals surface area contributed by atoms with Gasteiger partial charge in [-0.05, 0) is 42.7 Å². The Hall–Kier alpha value is -1.85. The molecular weight excluding hydrogens is 325 g/mol. The Labute approximate surface area is 145 Å². The van der Waals surface area contributed by atoms with Crippen molar-refractivity contribution >= 4 is 17.7 Å². The van der Waals surface area contributed by atoms with Crippen molar-refractivity contribution in [1.29, 1.82) is 0 Å². The van der Waals surface area contributed by atoms with Gasteiger partial charge >= 0.3 is 0 Å². The molecule has 0 saturated carbocycles. The number of nitrogens with one attached hydrogen (secondary N) is 1. The van der Waals surface area contributed by atoms with Gasteiger partial charge in [0, 0.05) is 17.5 Å². The normalized spacial score (nSPS) is 20.5. The number of amides is 1. The third-order valence-electron chi connectivity index (χ3n) is 4.00. The Bertz CT molecular complexity index is 663. The summed E-state index contributed by atoms with van der Waals surface area (Å²) < 4.78 is 18.8. The first-order valence-electron chi connectivity index (χ1n) is 8.05. The van der Waals surface area contributed by atoms with Crippen LogP contribution in [-0.2, 0) is 9.53 Å². The van der Waals surface area contributed by atoms with Crippen LogP contribution in [0.4, 0.5) is 4.39 Å². The van der Waals surface area contributed by atoms with Crippen molar-refractivity contribution < 1.29 is 13.9 Å². The maximum atomic E-state index is 13.0. The number of hydrogen-bond donors (Lipinski definition) is 1. The standard InChI is InChI=1S/C19H20FNO2S/c20-15-8-6-14(7-9-15)18-12-16(10-11-23-18)21-19(22)13-24-17-4-2-1-3-5-17/h1-9,16,18H,10-13H2,(H,21,22)/t16-,18-/m0/s1. The Balaban J connectivity index is 1.49. The van der Waals surface area contributed by atoms with Crippen molar-refractivity contribution in [2.75, 3.05) is 12.4 Å². The Morgan fingerprint density at radius 1 is 1.17 bits per heavy atom. The highest BCUT2D eigenvalue weighted by atomic mass is 32.2. The van der Waals surface area contributed by atoms with E-state index in [1.165, 1.54) is 23.9 Å². The summed E-state index contributed by atoms with van der Waals surface area (Å²) in [7, 11) is 0. The molecule has 0 spiro atoms. The lowest BCUT2D eigenvalue weighted by atomic mass is 9.97. The van der Waals surface area contributed by atoms with Crippen molar-refractivity contribution in [3.05, 3.63) is 66.0 Å². The van der Waals surface area contributed by atoms with E-state index in [-0.39, 0.29) is 23.9 Å². The number of benzene rings is 2. The molecule has 126 valence electrons. The molecule has 0 bridgehead atoms. The van der Waals surface area contributed by atoms with Gasteiger partial charge in [-0.15, -0.1) is 11.8 Å². The molecule has 0 aliphatic carbocycles. The monoisotopic (exact) mass is 345 g/mol. The van der Waals surface area contributed by atoms with Crippen molar-refractivity contribution in [2.24, 2.45) is 0 Å². The van der Waals surface area contributed by atoms with Crippen LogP contribution in [0.3, 0.4) is 0 Å². The van der Waals surface area contributed by atoms with E-state index in [4.69, 9.17) is 4.74 Å². The van der Waals surface area contributed by atoms with Gasteiger partial charge in [-0.3, -0.25) is 4.79 Å². The van der Waals surface area contributed by atoms with E-state index in [2.05, 4.69) is 5.32 Å². The summed E-state index contributed by atoms with van der Waals surface area (Å²) in [6.07, 6.45) is 1.43. The van der Waals surface area contributed by atoms with Crippen molar-refractivity contribution in [2.45, 2.75) is 29.9 Å². The molecule has 3 nitrogen and oxygen atoms in total. The van der Waals surface area contributed by atoms with Crippen LogP contribution in [0.2, 0.25) is 0 Å². The van der Waals surface area contributed by atoms with E-state index in [9.17, 15) is 9.18 Å². The number of halogens is 1. The molecule has 1 saturated heterocycles. The van der Waals surface area contributed by atoms with E-state index in [1.807, 2.05) is 30.3 Å². The van der Waals surface area contributed by atoms with Gasteiger partial charge in [0.1, 0.15) is 5.82 Å². The Kier molecular flexibility index (Phi) is 5.88. The van der Waals surface area contributed by atoms with Crippen molar-refractivity contribution in [3.63, 3.8) is 0 Å². The van der Waals surface area contributed by atoms with E-state index >= 15 is 0 Å². The van der Waals surface area contributed by atoms with Gasteiger partial charge in [0.05, 0.1) is 11.9 Å². The number of carbonyl (C=O) groups excluding carboxylic acids is 1. The molecular formula is C19H20FNO2S. The molecule has 1 heterocycles. The molecule has 2 aromatic rings. The molecule has 0 unspecified atom stereocenters. The second-order valence-electron chi connectivity index (χ2n) is 5.80. The number of hydrogen-bond acceptors (Lipinski definition) is 3. The Morgan fingerprint density at radius 3 is 2.67 bits per heavy atom. The summed E-state index contributed by atoms with van der Waals surface area (Å²) in [6.45, 7) is 0.596. The van der Waals surface area contributed by atoms with E-state index < -0.39 is 0 Å². The van der Waals surface area contributed by atoms with Crippen LogP contribution in [0, 0.1) is 5.82 Å². The highest BCUT2D eigenvalue weighted by molar-refractivity contribution is 8.00. The number of rotatable bonds is 5. The molecule has 24 heavy (non-hydrogen) atoms.